The Labute approximate surface area is 107 Å². The summed E-state index contributed by atoms with van der Waals surface area (Å²) in [6.45, 7) is 8.47. The fourth-order valence-corrected chi connectivity index (χ4v) is 2.23. The summed E-state index contributed by atoms with van der Waals surface area (Å²) < 4.78 is 5.04. The summed E-state index contributed by atoms with van der Waals surface area (Å²) in [4.78, 5) is 13.8. The molecule has 5 nitrogen and oxygen atoms in total. The molecule has 1 N–H and O–H groups in total. The number of aliphatic hydroxyl groups is 1. The third-order valence-corrected chi connectivity index (χ3v) is 3.90. The van der Waals surface area contributed by atoms with Gasteiger partial charge < -0.3 is 14.5 Å². The van der Waals surface area contributed by atoms with Gasteiger partial charge in [0.2, 0.25) is 5.91 Å². The molecule has 5 heteroatoms. The number of aryl methyl sites for hydroxylation is 1. The number of rotatable bonds is 2. The second-order valence-corrected chi connectivity index (χ2v) is 6.02. The largest absolute Gasteiger partial charge is 0.388 e. The van der Waals surface area contributed by atoms with Crippen molar-refractivity contribution in [2.24, 2.45) is 5.41 Å². The lowest BCUT2D eigenvalue weighted by Gasteiger charge is -2.30. The Morgan fingerprint density at radius 3 is 2.61 bits per heavy atom. The van der Waals surface area contributed by atoms with Crippen LogP contribution in [0.5, 0.6) is 0 Å². The van der Waals surface area contributed by atoms with Crippen LogP contribution in [0, 0.1) is 12.3 Å². The highest BCUT2D eigenvalue weighted by molar-refractivity contribution is 5.78. The summed E-state index contributed by atoms with van der Waals surface area (Å²) >= 11 is 0. The highest BCUT2D eigenvalue weighted by Crippen LogP contribution is 2.38. The van der Waals surface area contributed by atoms with Crippen molar-refractivity contribution >= 4 is 5.91 Å². The van der Waals surface area contributed by atoms with E-state index in [1.54, 1.807) is 17.9 Å². The molecule has 2 heterocycles. The first-order chi connectivity index (χ1) is 8.21. The molecule has 0 saturated carbocycles. The monoisotopic (exact) mass is 252 g/mol. The van der Waals surface area contributed by atoms with Crippen LogP contribution in [-0.4, -0.2) is 39.8 Å². The van der Waals surface area contributed by atoms with Gasteiger partial charge in [0.25, 0.3) is 0 Å². The van der Waals surface area contributed by atoms with Crippen LogP contribution in [-0.2, 0) is 11.2 Å². The Morgan fingerprint density at radius 1 is 1.50 bits per heavy atom. The normalized spacial score (nSPS) is 26.6. The lowest BCUT2D eigenvalue weighted by Crippen LogP contribution is -2.40. The van der Waals surface area contributed by atoms with Crippen molar-refractivity contribution in [1.82, 2.24) is 10.1 Å². The molecule has 1 amide bonds. The van der Waals surface area contributed by atoms with Crippen LogP contribution < -0.4 is 0 Å². The lowest BCUT2D eigenvalue weighted by atomic mass is 9.79. The molecule has 0 radical (unpaired) electrons. The van der Waals surface area contributed by atoms with Gasteiger partial charge in [-0.25, -0.2) is 0 Å². The van der Waals surface area contributed by atoms with E-state index >= 15 is 0 Å². The van der Waals surface area contributed by atoms with Crippen molar-refractivity contribution in [3.8, 4) is 0 Å². The standard InChI is InChI=1S/C13H20N2O3/c1-9-5-10(18-14-9)6-11(16)15-7-12(2,3)13(4,17)8-15/h5,17H,6-8H2,1-4H3/t13-/m0/s1. The Bertz CT molecular complexity index is 447. The molecule has 1 aliphatic heterocycles. The number of aromatic nitrogens is 1. The van der Waals surface area contributed by atoms with Crippen LogP contribution in [0.4, 0.5) is 0 Å². The van der Waals surface area contributed by atoms with E-state index in [2.05, 4.69) is 5.16 Å². The summed E-state index contributed by atoms with van der Waals surface area (Å²) in [6.07, 6.45) is 0.201. The molecule has 1 saturated heterocycles. The van der Waals surface area contributed by atoms with Crippen LogP contribution in [0.1, 0.15) is 32.2 Å². The van der Waals surface area contributed by atoms with Gasteiger partial charge in [-0.15, -0.1) is 0 Å². The summed E-state index contributed by atoms with van der Waals surface area (Å²) in [5.41, 5.74) is -0.369. The van der Waals surface area contributed by atoms with E-state index < -0.39 is 5.60 Å². The molecule has 1 fully saturated rings. The van der Waals surface area contributed by atoms with Gasteiger partial charge in [-0.2, -0.15) is 0 Å². The second kappa shape index (κ2) is 4.09. The molecule has 2 rings (SSSR count). The zero-order chi connectivity index (χ0) is 13.6. The molecular formula is C13H20N2O3. The first-order valence-electron chi connectivity index (χ1n) is 6.14. The lowest BCUT2D eigenvalue weighted by molar-refractivity contribution is -0.130. The van der Waals surface area contributed by atoms with Crippen LogP contribution in [0.15, 0.2) is 10.6 Å². The summed E-state index contributed by atoms with van der Waals surface area (Å²) in [5.74, 6) is 0.541. The van der Waals surface area contributed by atoms with E-state index in [1.807, 2.05) is 20.8 Å². The third kappa shape index (κ3) is 2.27. The molecule has 1 atom stereocenters. The molecule has 18 heavy (non-hydrogen) atoms. The van der Waals surface area contributed by atoms with Gasteiger partial charge in [-0.3, -0.25) is 4.79 Å². The third-order valence-electron chi connectivity index (χ3n) is 3.90. The average molecular weight is 252 g/mol. The number of likely N-dealkylation sites (tertiary alicyclic amines) is 1. The van der Waals surface area contributed by atoms with Crippen LogP contribution in [0.2, 0.25) is 0 Å². The second-order valence-electron chi connectivity index (χ2n) is 6.02. The minimum Gasteiger partial charge on any atom is -0.388 e. The van der Waals surface area contributed by atoms with E-state index in [4.69, 9.17) is 4.52 Å². The maximum Gasteiger partial charge on any atom is 0.230 e. The minimum atomic E-state index is -0.847. The predicted octanol–water partition coefficient (Wildman–Crippen LogP) is 1.14. The number of carbonyl (C=O) groups excluding carboxylic acids is 1. The molecule has 0 aliphatic carbocycles. The molecule has 1 aromatic heterocycles. The van der Waals surface area contributed by atoms with E-state index in [0.717, 1.165) is 5.69 Å². The quantitative estimate of drug-likeness (QED) is 0.857. The number of nitrogens with zero attached hydrogens (tertiary/aromatic N) is 2. The summed E-state index contributed by atoms with van der Waals surface area (Å²) in [7, 11) is 0. The molecule has 100 valence electrons. The van der Waals surface area contributed by atoms with Gasteiger partial charge in [0.05, 0.1) is 17.7 Å². The highest BCUT2D eigenvalue weighted by atomic mass is 16.5. The van der Waals surface area contributed by atoms with Gasteiger partial charge >= 0.3 is 0 Å². The predicted molar refractivity (Wildman–Crippen MR) is 65.9 cm³/mol. The number of carbonyl (C=O) groups is 1. The van der Waals surface area contributed by atoms with Gasteiger partial charge in [-0.1, -0.05) is 19.0 Å². The fraction of sp³-hybridized carbons (Fsp3) is 0.692. The molecule has 1 aromatic rings. The molecule has 0 bridgehead atoms. The van der Waals surface area contributed by atoms with Crippen molar-refractivity contribution in [2.45, 2.75) is 39.7 Å². The first kappa shape index (κ1) is 13.1. The van der Waals surface area contributed by atoms with Crippen LogP contribution in [0.3, 0.4) is 0 Å². The Kier molecular flexibility index (Phi) is 2.97. The summed E-state index contributed by atoms with van der Waals surface area (Å²) in [5, 5.41) is 14.0. The van der Waals surface area contributed by atoms with Crippen molar-refractivity contribution < 1.29 is 14.4 Å². The van der Waals surface area contributed by atoms with Crippen molar-refractivity contribution in [3.63, 3.8) is 0 Å². The Hall–Kier alpha value is -1.36. The van der Waals surface area contributed by atoms with Crippen molar-refractivity contribution in [1.29, 1.82) is 0 Å². The zero-order valence-corrected chi connectivity index (χ0v) is 11.4. The molecular weight excluding hydrogens is 232 g/mol. The molecule has 1 aliphatic rings. The van der Waals surface area contributed by atoms with E-state index in [0.29, 0.717) is 18.8 Å². The van der Waals surface area contributed by atoms with Gasteiger partial charge in [-0.05, 0) is 13.8 Å². The number of hydrogen-bond donors (Lipinski definition) is 1. The molecule has 0 aromatic carbocycles. The van der Waals surface area contributed by atoms with Crippen molar-refractivity contribution in [2.75, 3.05) is 13.1 Å². The Balaban J connectivity index is 2.04. The highest BCUT2D eigenvalue weighted by Gasteiger charge is 2.49. The van der Waals surface area contributed by atoms with Crippen LogP contribution >= 0.6 is 0 Å². The topological polar surface area (TPSA) is 66.6 Å². The minimum absolute atomic E-state index is 0.0306. The maximum atomic E-state index is 12.1. The molecule has 0 spiro atoms. The first-order valence-corrected chi connectivity index (χ1v) is 6.14. The van der Waals surface area contributed by atoms with E-state index in [9.17, 15) is 9.90 Å². The van der Waals surface area contributed by atoms with E-state index in [-0.39, 0.29) is 17.7 Å². The number of β-amino-alcohol motifs (C(OH)–C–C–N with tert-alkyl or cyclic N) is 1. The smallest absolute Gasteiger partial charge is 0.230 e. The maximum absolute atomic E-state index is 12.1. The molecule has 0 unspecified atom stereocenters. The van der Waals surface area contributed by atoms with Crippen molar-refractivity contribution in [3.05, 3.63) is 17.5 Å². The van der Waals surface area contributed by atoms with Gasteiger partial charge in [0.15, 0.2) is 0 Å². The number of hydrogen-bond acceptors (Lipinski definition) is 4. The van der Waals surface area contributed by atoms with Gasteiger partial charge in [0, 0.05) is 24.6 Å². The zero-order valence-electron chi connectivity index (χ0n) is 11.4. The fourth-order valence-electron chi connectivity index (χ4n) is 2.23. The Morgan fingerprint density at radius 2 is 2.17 bits per heavy atom. The average Bonchev–Trinajstić information content (AvgIpc) is 2.70. The number of amides is 1. The van der Waals surface area contributed by atoms with Crippen LogP contribution in [0.25, 0.3) is 0 Å². The SMILES string of the molecule is Cc1cc(CC(=O)N2CC(C)(C)[C@@](C)(O)C2)on1. The van der Waals surface area contributed by atoms with E-state index in [1.165, 1.54) is 0 Å². The van der Waals surface area contributed by atoms with Gasteiger partial charge in [0.1, 0.15) is 5.76 Å². The summed E-state index contributed by atoms with van der Waals surface area (Å²) in [6, 6.07) is 1.76.